The largest absolute Gasteiger partial charge is 0.495 e. The van der Waals surface area contributed by atoms with Crippen molar-refractivity contribution in [1.29, 1.82) is 0 Å². The fourth-order valence-electron chi connectivity index (χ4n) is 5.75. The minimum absolute atomic E-state index is 0.164. The third-order valence-corrected chi connectivity index (χ3v) is 8.32. The number of benzene rings is 2. The Kier molecular flexibility index (Phi) is 8.04. The SMILES string of the molecule is COc1cc(C2(O)CC3CCC(C2)N3Cc2ccc(OCCCC(C)N=O)c(C)c2C)ccc1Cl. The molecule has 4 rings (SSSR count). The van der Waals surface area contributed by atoms with Gasteiger partial charge >= 0.3 is 0 Å². The van der Waals surface area contributed by atoms with Gasteiger partial charge in [-0.2, -0.15) is 4.91 Å². The quantitative estimate of drug-likeness (QED) is 0.306. The zero-order valence-corrected chi connectivity index (χ0v) is 22.0. The fourth-order valence-corrected chi connectivity index (χ4v) is 5.94. The molecule has 0 spiro atoms. The topological polar surface area (TPSA) is 71.4 Å². The van der Waals surface area contributed by atoms with E-state index in [0.717, 1.165) is 49.1 Å². The van der Waals surface area contributed by atoms with Crippen LogP contribution >= 0.6 is 11.6 Å². The van der Waals surface area contributed by atoms with Gasteiger partial charge in [-0.15, -0.1) is 0 Å². The van der Waals surface area contributed by atoms with Gasteiger partial charge in [0.15, 0.2) is 0 Å². The lowest BCUT2D eigenvalue weighted by Crippen LogP contribution is -2.49. The maximum Gasteiger partial charge on any atom is 0.137 e. The molecule has 3 atom stereocenters. The summed E-state index contributed by atoms with van der Waals surface area (Å²) >= 11 is 6.22. The molecular weight excluding hydrogens is 464 g/mol. The van der Waals surface area contributed by atoms with Crippen LogP contribution in [0.1, 0.15) is 67.7 Å². The highest BCUT2D eigenvalue weighted by atomic mass is 35.5. The van der Waals surface area contributed by atoms with Gasteiger partial charge in [-0.3, -0.25) is 4.90 Å². The van der Waals surface area contributed by atoms with Crippen LogP contribution in [0.4, 0.5) is 0 Å². The summed E-state index contributed by atoms with van der Waals surface area (Å²) in [4.78, 5) is 13.1. The van der Waals surface area contributed by atoms with E-state index in [2.05, 4.69) is 36.1 Å². The van der Waals surface area contributed by atoms with Crippen LogP contribution < -0.4 is 9.47 Å². The van der Waals surface area contributed by atoms with Crippen molar-refractivity contribution in [2.24, 2.45) is 5.18 Å². The first-order chi connectivity index (χ1) is 16.8. The molecular formula is C28H37ClN2O4. The van der Waals surface area contributed by atoms with Crippen LogP contribution in [0.15, 0.2) is 35.5 Å². The second-order valence-corrected chi connectivity index (χ2v) is 10.7. The van der Waals surface area contributed by atoms with E-state index in [9.17, 15) is 10.0 Å². The predicted molar refractivity (Wildman–Crippen MR) is 139 cm³/mol. The number of nitroso groups, excluding NO2 is 1. The monoisotopic (exact) mass is 500 g/mol. The number of fused-ring (bicyclic) bond motifs is 2. The van der Waals surface area contributed by atoms with Crippen molar-refractivity contribution < 1.29 is 14.6 Å². The normalized spacial score (nSPS) is 24.9. The summed E-state index contributed by atoms with van der Waals surface area (Å²) < 4.78 is 11.4. The van der Waals surface area contributed by atoms with Gasteiger partial charge in [0.25, 0.3) is 0 Å². The summed E-state index contributed by atoms with van der Waals surface area (Å²) in [5.74, 6) is 1.52. The van der Waals surface area contributed by atoms with Crippen molar-refractivity contribution >= 4 is 11.6 Å². The van der Waals surface area contributed by atoms with E-state index in [-0.39, 0.29) is 6.04 Å². The standard InChI is InChI=1S/C28H37ClN2O4/c1-18(30-33)6-5-13-35-26-12-7-21(19(2)20(26)3)17-31-23-9-10-24(31)16-28(32,15-23)22-8-11-25(29)27(14-22)34-4/h7-8,11-12,14,18,23-24,32H,5-6,9-10,13,15-17H2,1-4H3. The third kappa shape index (κ3) is 5.50. The molecule has 2 aromatic rings. The molecule has 2 aromatic carbocycles. The lowest BCUT2D eigenvalue weighted by Gasteiger charge is -2.44. The Morgan fingerprint density at radius 3 is 2.51 bits per heavy atom. The van der Waals surface area contributed by atoms with Crippen LogP contribution in [-0.4, -0.2) is 41.8 Å². The van der Waals surface area contributed by atoms with E-state index in [1.54, 1.807) is 7.11 Å². The minimum Gasteiger partial charge on any atom is -0.495 e. The van der Waals surface area contributed by atoms with Gasteiger partial charge in [-0.05, 0) is 99.7 Å². The number of hydrogen-bond donors (Lipinski definition) is 1. The number of ether oxygens (including phenoxy) is 2. The van der Waals surface area contributed by atoms with Crippen LogP contribution in [0, 0.1) is 18.8 Å². The van der Waals surface area contributed by atoms with Crippen LogP contribution in [0.5, 0.6) is 11.5 Å². The van der Waals surface area contributed by atoms with Crippen LogP contribution in [0.25, 0.3) is 0 Å². The summed E-state index contributed by atoms with van der Waals surface area (Å²) in [6.45, 7) is 7.58. The van der Waals surface area contributed by atoms with Crippen molar-refractivity contribution in [3.8, 4) is 11.5 Å². The van der Waals surface area contributed by atoms with E-state index < -0.39 is 5.60 Å². The molecule has 35 heavy (non-hydrogen) atoms. The Morgan fingerprint density at radius 2 is 1.86 bits per heavy atom. The molecule has 190 valence electrons. The summed E-state index contributed by atoms with van der Waals surface area (Å²) in [7, 11) is 1.60. The molecule has 2 bridgehead atoms. The number of nitrogens with zero attached hydrogens (tertiary/aromatic N) is 2. The highest BCUT2D eigenvalue weighted by Crippen LogP contribution is 2.47. The average molecular weight is 501 g/mol. The smallest absolute Gasteiger partial charge is 0.137 e. The Balaban J connectivity index is 1.43. The molecule has 2 aliphatic rings. The van der Waals surface area contributed by atoms with Gasteiger partial charge in [0.2, 0.25) is 0 Å². The van der Waals surface area contributed by atoms with Crippen molar-refractivity contribution in [3.63, 3.8) is 0 Å². The Morgan fingerprint density at radius 1 is 1.14 bits per heavy atom. The molecule has 2 aliphatic heterocycles. The van der Waals surface area contributed by atoms with Crippen molar-refractivity contribution in [2.75, 3.05) is 13.7 Å². The summed E-state index contributed by atoms with van der Waals surface area (Å²) in [5.41, 5.74) is 3.76. The molecule has 2 fully saturated rings. The molecule has 0 aliphatic carbocycles. The van der Waals surface area contributed by atoms with Gasteiger partial charge in [0.05, 0.1) is 30.4 Å². The Bertz CT molecular complexity index is 1050. The summed E-state index contributed by atoms with van der Waals surface area (Å²) in [6, 6.07) is 10.4. The first kappa shape index (κ1) is 25.9. The molecule has 7 heteroatoms. The third-order valence-electron chi connectivity index (χ3n) is 8.01. The number of rotatable bonds is 10. The molecule has 2 heterocycles. The maximum atomic E-state index is 11.6. The molecule has 0 aromatic heterocycles. The maximum absolute atomic E-state index is 11.6. The first-order valence-corrected chi connectivity index (χ1v) is 13.0. The number of hydrogen-bond acceptors (Lipinski definition) is 6. The van der Waals surface area contributed by atoms with Crippen LogP contribution in [0.3, 0.4) is 0 Å². The van der Waals surface area contributed by atoms with Gasteiger partial charge in [-0.25, -0.2) is 0 Å². The molecule has 6 nitrogen and oxygen atoms in total. The van der Waals surface area contributed by atoms with Crippen LogP contribution in [0.2, 0.25) is 5.02 Å². The molecule has 0 radical (unpaired) electrons. The second-order valence-electron chi connectivity index (χ2n) is 10.3. The Labute approximate surface area is 213 Å². The van der Waals surface area contributed by atoms with Crippen molar-refractivity contribution in [2.45, 2.75) is 89.6 Å². The zero-order valence-electron chi connectivity index (χ0n) is 21.2. The van der Waals surface area contributed by atoms with Gasteiger partial charge in [-0.1, -0.05) is 28.9 Å². The van der Waals surface area contributed by atoms with Gasteiger partial charge < -0.3 is 14.6 Å². The highest BCUT2D eigenvalue weighted by Gasteiger charge is 2.48. The molecule has 2 saturated heterocycles. The van der Waals surface area contributed by atoms with Crippen molar-refractivity contribution in [1.82, 2.24) is 4.90 Å². The molecule has 1 N–H and O–H groups in total. The van der Waals surface area contributed by atoms with E-state index in [1.165, 1.54) is 11.1 Å². The van der Waals surface area contributed by atoms with Crippen molar-refractivity contribution in [3.05, 3.63) is 62.5 Å². The van der Waals surface area contributed by atoms with E-state index >= 15 is 0 Å². The average Bonchev–Trinajstić information content (AvgIpc) is 3.09. The minimum atomic E-state index is -0.861. The molecule has 0 saturated carbocycles. The fraction of sp³-hybridized carbons (Fsp3) is 0.571. The predicted octanol–water partition coefficient (Wildman–Crippen LogP) is 6.29. The molecule has 3 unspecified atom stereocenters. The van der Waals surface area contributed by atoms with Crippen LogP contribution in [-0.2, 0) is 12.1 Å². The highest BCUT2D eigenvalue weighted by molar-refractivity contribution is 6.32. The molecule has 0 amide bonds. The summed E-state index contributed by atoms with van der Waals surface area (Å²) in [6.07, 6.45) is 5.18. The van der Waals surface area contributed by atoms with Gasteiger partial charge in [0, 0.05) is 18.6 Å². The lowest BCUT2D eigenvalue weighted by molar-refractivity contribution is -0.0596. The number of halogens is 1. The second kappa shape index (κ2) is 10.9. The Hall–Kier alpha value is -2.15. The lowest BCUT2D eigenvalue weighted by atomic mass is 9.80. The number of methoxy groups -OCH3 is 1. The van der Waals surface area contributed by atoms with E-state index in [0.29, 0.717) is 42.3 Å². The summed E-state index contributed by atoms with van der Waals surface area (Å²) in [5, 5.41) is 15.3. The number of piperidine rings is 1. The van der Waals surface area contributed by atoms with E-state index in [1.807, 2.05) is 25.1 Å². The van der Waals surface area contributed by atoms with E-state index in [4.69, 9.17) is 21.1 Å². The number of aliphatic hydroxyl groups is 1. The van der Waals surface area contributed by atoms with Gasteiger partial charge in [0.1, 0.15) is 11.5 Å². The first-order valence-electron chi connectivity index (χ1n) is 12.6. The zero-order chi connectivity index (χ0) is 25.2.